The monoisotopic (exact) mass is 258 g/mol. The predicted octanol–water partition coefficient (Wildman–Crippen LogP) is 0.0782. The van der Waals surface area contributed by atoms with E-state index in [4.69, 9.17) is 9.84 Å². The number of carbonyl (C=O) groups is 2. The first kappa shape index (κ1) is 14.9. The molecule has 0 aromatic rings. The van der Waals surface area contributed by atoms with Crippen LogP contribution in [0, 0.1) is 0 Å². The minimum atomic E-state index is -1.00. The maximum absolute atomic E-state index is 12.4. The molecule has 1 fully saturated rings. The molecule has 1 unspecified atom stereocenters. The molecule has 1 heterocycles. The minimum absolute atomic E-state index is 0.151. The van der Waals surface area contributed by atoms with Gasteiger partial charge in [0.25, 0.3) is 0 Å². The fraction of sp³-hybridized carbons (Fsp3) is 0.833. The van der Waals surface area contributed by atoms with Crippen molar-refractivity contribution in [1.82, 2.24) is 10.2 Å². The quantitative estimate of drug-likeness (QED) is 0.705. The number of hydrogen-bond donors (Lipinski definition) is 2. The van der Waals surface area contributed by atoms with Crippen LogP contribution in [-0.2, 0) is 14.3 Å². The molecule has 0 aromatic heterocycles. The van der Waals surface area contributed by atoms with Gasteiger partial charge in [0.2, 0.25) is 5.91 Å². The first-order valence-electron chi connectivity index (χ1n) is 6.25. The number of aliphatic carboxylic acids is 1. The molecule has 0 aliphatic carbocycles. The van der Waals surface area contributed by atoms with Crippen LogP contribution >= 0.6 is 0 Å². The van der Waals surface area contributed by atoms with Gasteiger partial charge in [0.05, 0.1) is 12.1 Å². The van der Waals surface area contributed by atoms with Gasteiger partial charge in [-0.05, 0) is 32.7 Å². The molecule has 2 N–H and O–H groups in total. The van der Waals surface area contributed by atoms with E-state index < -0.39 is 11.5 Å². The summed E-state index contributed by atoms with van der Waals surface area (Å²) in [6, 6.07) is 0. The van der Waals surface area contributed by atoms with E-state index in [2.05, 4.69) is 5.32 Å². The Morgan fingerprint density at radius 2 is 2.17 bits per heavy atom. The van der Waals surface area contributed by atoms with E-state index >= 15 is 0 Å². The lowest BCUT2D eigenvalue weighted by molar-refractivity contribution is -0.148. The molecule has 0 saturated carbocycles. The second-order valence-corrected chi connectivity index (χ2v) is 4.83. The van der Waals surface area contributed by atoms with Crippen LogP contribution in [0.2, 0.25) is 0 Å². The molecule has 1 rings (SSSR count). The largest absolute Gasteiger partial charge is 0.480 e. The summed E-state index contributed by atoms with van der Waals surface area (Å²) in [4.78, 5) is 24.6. The van der Waals surface area contributed by atoms with Crippen LogP contribution in [0.3, 0.4) is 0 Å². The Morgan fingerprint density at radius 1 is 1.44 bits per heavy atom. The zero-order valence-corrected chi connectivity index (χ0v) is 11.1. The van der Waals surface area contributed by atoms with Crippen LogP contribution in [0.4, 0.5) is 0 Å². The Kier molecular flexibility index (Phi) is 5.55. The van der Waals surface area contributed by atoms with Gasteiger partial charge in [0, 0.05) is 13.7 Å². The van der Waals surface area contributed by atoms with Crippen molar-refractivity contribution in [2.45, 2.75) is 31.7 Å². The average molecular weight is 258 g/mol. The Morgan fingerprint density at radius 3 is 2.67 bits per heavy atom. The molecule has 18 heavy (non-hydrogen) atoms. The highest BCUT2D eigenvalue weighted by molar-refractivity contribution is 5.88. The smallest absolute Gasteiger partial charge is 0.323 e. The SMILES string of the molecule is COCCN(CC(=O)O)C(=O)C1(C)CCCCN1. The molecule has 1 aliphatic rings. The first-order valence-corrected chi connectivity index (χ1v) is 6.25. The van der Waals surface area contributed by atoms with Crippen LogP contribution in [-0.4, -0.2) is 60.8 Å². The molecular weight excluding hydrogens is 236 g/mol. The molecule has 1 aliphatic heterocycles. The van der Waals surface area contributed by atoms with E-state index in [1.807, 2.05) is 6.92 Å². The highest BCUT2D eigenvalue weighted by atomic mass is 16.5. The average Bonchev–Trinajstić information content (AvgIpc) is 2.34. The normalized spacial score (nSPS) is 23.7. The summed E-state index contributed by atoms with van der Waals surface area (Å²) >= 11 is 0. The van der Waals surface area contributed by atoms with E-state index in [1.165, 1.54) is 12.0 Å². The summed E-state index contributed by atoms with van der Waals surface area (Å²) in [6.45, 7) is 3.01. The molecule has 0 radical (unpaired) electrons. The fourth-order valence-electron chi connectivity index (χ4n) is 2.20. The maximum Gasteiger partial charge on any atom is 0.323 e. The number of carboxylic acid groups (broad SMARTS) is 1. The molecule has 6 nitrogen and oxygen atoms in total. The van der Waals surface area contributed by atoms with Gasteiger partial charge >= 0.3 is 5.97 Å². The van der Waals surface area contributed by atoms with Crippen molar-refractivity contribution in [3.05, 3.63) is 0 Å². The van der Waals surface area contributed by atoms with E-state index in [-0.39, 0.29) is 12.5 Å². The molecule has 1 atom stereocenters. The van der Waals surface area contributed by atoms with Crippen LogP contribution in [0.5, 0.6) is 0 Å². The van der Waals surface area contributed by atoms with Gasteiger partial charge in [-0.3, -0.25) is 9.59 Å². The molecule has 6 heteroatoms. The van der Waals surface area contributed by atoms with E-state index in [0.717, 1.165) is 25.8 Å². The van der Waals surface area contributed by atoms with Crippen LogP contribution in [0.25, 0.3) is 0 Å². The lowest BCUT2D eigenvalue weighted by Crippen LogP contribution is -2.59. The maximum atomic E-state index is 12.4. The van der Waals surface area contributed by atoms with Gasteiger partial charge in [-0.15, -0.1) is 0 Å². The van der Waals surface area contributed by atoms with Gasteiger partial charge in [0.1, 0.15) is 6.54 Å². The third-order valence-corrected chi connectivity index (χ3v) is 3.27. The van der Waals surface area contributed by atoms with Gasteiger partial charge in [-0.2, -0.15) is 0 Å². The lowest BCUT2D eigenvalue weighted by Gasteiger charge is -2.37. The van der Waals surface area contributed by atoms with Gasteiger partial charge < -0.3 is 20.1 Å². The second kappa shape index (κ2) is 6.70. The standard InChI is InChI=1S/C12H22N2O4/c1-12(5-3-4-6-13-12)11(17)14(7-8-18-2)9-10(15)16/h13H,3-9H2,1-2H3,(H,15,16). The summed E-state index contributed by atoms with van der Waals surface area (Å²) in [5.74, 6) is -1.15. The summed E-state index contributed by atoms with van der Waals surface area (Å²) in [5.41, 5.74) is -0.637. The molecule has 1 amide bonds. The molecule has 1 saturated heterocycles. The summed E-state index contributed by atoms with van der Waals surface area (Å²) in [6.07, 6.45) is 2.79. The number of carbonyl (C=O) groups excluding carboxylic acids is 1. The van der Waals surface area contributed by atoms with Crippen LogP contribution in [0.1, 0.15) is 26.2 Å². The third-order valence-electron chi connectivity index (χ3n) is 3.27. The summed E-state index contributed by atoms with van der Waals surface area (Å²) in [5, 5.41) is 12.1. The number of nitrogens with one attached hydrogen (secondary N) is 1. The van der Waals surface area contributed by atoms with Crippen molar-refractivity contribution in [2.24, 2.45) is 0 Å². The van der Waals surface area contributed by atoms with Crippen molar-refractivity contribution in [2.75, 3.05) is 33.4 Å². The summed E-state index contributed by atoms with van der Waals surface area (Å²) in [7, 11) is 1.53. The zero-order chi connectivity index (χ0) is 13.6. The van der Waals surface area contributed by atoms with Crippen molar-refractivity contribution < 1.29 is 19.4 Å². The number of piperidine rings is 1. The number of nitrogens with zero attached hydrogens (tertiary/aromatic N) is 1. The summed E-state index contributed by atoms with van der Waals surface area (Å²) < 4.78 is 4.92. The molecule has 104 valence electrons. The zero-order valence-electron chi connectivity index (χ0n) is 11.1. The van der Waals surface area contributed by atoms with E-state index in [9.17, 15) is 9.59 Å². The van der Waals surface area contributed by atoms with Crippen LogP contribution < -0.4 is 5.32 Å². The Bertz CT molecular complexity index is 300. The number of amides is 1. The third kappa shape index (κ3) is 3.96. The number of carboxylic acids is 1. The number of rotatable bonds is 6. The number of methoxy groups -OCH3 is 1. The second-order valence-electron chi connectivity index (χ2n) is 4.83. The highest BCUT2D eigenvalue weighted by Gasteiger charge is 2.37. The van der Waals surface area contributed by atoms with Gasteiger partial charge in [-0.1, -0.05) is 0 Å². The van der Waals surface area contributed by atoms with E-state index in [1.54, 1.807) is 0 Å². The minimum Gasteiger partial charge on any atom is -0.480 e. The predicted molar refractivity (Wildman–Crippen MR) is 66.4 cm³/mol. The first-order chi connectivity index (χ1) is 8.49. The Labute approximate surface area is 107 Å². The number of hydrogen-bond acceptors (Lipinski definition) is 4. The van der Waals surface area contributed by atoms with E-state index in [0.29, 0.717) is 13.2 Å². The fourth-order valence-corrected chi connectivity index (χ4v) is 2.20. The molecule has 0 aromatic carbocycles. The van der Waals surface area contributed by atoms with Crippen molar-refractivity contribution >= 4 is 11.9 Å². The Hall–Kier alpha value is -1.14. The van der Waals surface area contributed by atoms with Gasteiger partial charge in [0.15, 0.2) is 0 Å². The molecule has 0 spiro atoms. The van der Waals surface area contributed by atoms with Crippen molar-refractivity contribution in [3.63, 3.8) is 0 Å². The Balaban J connectivity index is 2.69. The molecular formula is C12H22N2O4. The highest BCUT2D eigenvalue weighted by Crippen LogP contribution is 2.21. The van der Waals surface area contributed by atoms with Crippen molar-refractivity contribution in [3.8, 4) is 0 Å². The topological polar surface area (TPSA) is 78.9 Å². The van der Waals surface area contributed by atoms with Crippen molar-refractivity contribution in [1.29, 1.82) is 0 Å². The number of ether oxygens (including phenoxy) is 1. The van der Waals surface area contributed by atoms with Gasteiger partial charge in [-0.25, -0.2) is 0 Å². The van der Waals surface area contributed by atoms with Crippen LogP contribution in [0.15, 0.2) is 0 Å². The molecule has 0 bridgehead atoms. The lowest BCUT2D eigenvalue weighted by atomic mass is 9.89.